The van der Waals surface area contributed by atoms with Crippen LogP contribution in [-0.2, 0) is 5.75 Å². The maximum Gasteiger partial charge on any atom is 0.223 e. The first-order chi connectivity index (χ1) is 9.17. The molecule has 0 saturated carbocycles. The Hall–Kier alpha value is -1.75. The van der Waals surface area contributed by atoms with Gasteiger partial charge >= 0.3 is 0 Å². The average molecular weight is 274 g/mol. The lowest BCUT2D eigenvalue weighted by Gasteiger charge is -2.06. The third kappa shape index (κ3) is 4.13. The molecule has 0 spiro atoms. The number of aryl methyl sites for hydroxylation is 1. The first-order valence-electron chi connectivity index (χ1n) is 6.24. The van der Waals surface area contributed by atoms with Crippen LogP contribution in [-0.4, -0.2) is 16.5 Å². The highest BCUT2D eigenvalue weighted by Crippen LogP contribution is 2.23. The van der Waals surface area contributed by atoms with Gasteiger partial charge < -0.3 is 11.1 Å². The van der Waals surface area contributed by atoms with Crippen molar-refractivity contribution in [3.8, 4) is 0 Å². The first kappa shape index (κ1) is 13.7. The number of hydrogen-bond donors (Lipinski definition) is 2. The average Bonchev–Trinajstić information content (AvgIpc) is 2.36. The van der Waals surface area contributed by atoms with E-state index in [9.17, 15) is 0 Å². The van der Waals surface area contributed by atoms with Crippen molar-refractivity contribution in [1.82, 2.24) is 9.97 Å². The largest absolute Gasteiger partial charge is 0.370 e. The second-order valence-corrected chi connectivity index (χ2v) is 5.25. The molecule has 1 aromatic heterocycles. The van der Waals surface area contributed by atoms with E-state index in [4.69, 9.17) is 5.73 Å². The van der Waals surface area contributed by atoms with Crippen LogP contribution in [0.1, 0.15) is 18.1 Å². The Kier molecular flexibility index (Phi) is 4.63. The second kappa shape index (κ2) is 6.43. The number of benzene rings is 1. The van der Waals surface area contributed by atoms with E-state index < -0.39 is 0 Å². The molecule has 100 valence electrons. The summed E-state index contributed by atoms with van der Waals surface area (Å²) in [5.74, 6) is 1.97. The molecule has 1 heterocycles. The van der Waals surface area contributed by atoms with Gasteiger partial charge in [0, 0.05) is 18.4 Å². The third-order valence-corrected chi connectivity index (χ3v) is 3.53. The van der Waals surface area contributed by atoms with Crippen LogP contribution in [0.5, 0.6) is 0 Å². The van der Waals surface area contributed by atoms with Gasteiger partial charge in [-0.3, -0.25) is 0 Å². The molecule has 4 nitrogen and oxygen atoms in total. The van der Waals surface area contributed by atoms with Gasteiger partial charge in [-0.2, -0.15) is 4.98 Å². The van der Waals surface area contributed by atoms with Crippen LogP contribution < -0.4 is 11.1 Å². The van der Waals surface area contributed by atoms with Crippen molar-refractivity contribution >= 4 is 23.5 Å². The Bertz CT molecular complexity index is 557. The molecule has 0 atom stereocenters. The minimum atomic E-state index is 0.310. The topological polar surface area (TPSA) is 63.8 Å². The summed E-state index contributed by atoms with van der Waals surface area (Å²) < 4.78 is 0. The van der Waals surface area contributed by atoms with Crippen LogP contribution in [0.2, 0.25) is 0 Å². The van der Waals surface area contributed by atoms with Gasteiger partial charge in [0.15, 0.2) is 0 Å². The van der Waals surface area contributed by atoms with Crippen molar-refractivity contribution in [2.45, 2.75) is 24.6 Å². The van der Waals surface area contributed by atoms with Gasteiger partial charge in [0.05, 0.1) is 0 Å². The smallest absolute Gasteiger partial charge is 0.223 e. The Labute approximate surface area is 117 Å². The van der Waals surface area contributed by atoms with E-state index in [1.54, 1.807) is 11.8 Å². The van der Waals surface area contributed by atoms with Crippen molar-refractivity contribution in [1.29, 1.82) is 0 Å². The fourth-order valence-corrected chi connectivity index (χ4v) is 2.59. The molecule has 0 aliphatic carbocycles. The molecule has 0 aliphatic rings. The number of nitrogen functional groups attached to an aromatic ring is 1. The molecule has 0 radical (unpaired) electrons. The predicted octanol–water partition coefficient (Wildman–Crippen LogP) is 3.09. The van der Waals surface area contributed by atoms with E-state index >= 15 is 0 Å². The van der Waals surface area contributed by atoms with Crippen LogP contribution in [0.25, 0.3) is 0 Å². The van der Waals surface area contributed by atoms with Crippen molar-refractivity contribution < 1.29 is 0 Å². The highest BCUT2D eigenvalue weighted by molar-refractivity contribution is 7.98. The highest BCUT2D eigenvalue weighted by atomic mass is 32.2. The molecule has 2 rings (SSSR count). The van der Waals surface area contributed by atoms with E-state index in [0.717, 1.165) is 23.1 Å². The van der Waals surface area contributed by atoms with Gasteiger partial charge in [0.1, 0.15) is 10.8 Å². The quantitative estimate of drug-likeness (QED) is 0.648. The fraction of sp³-hybridized carbons (Fsp3) is 0.286. The molecule has 0 fully saturated rings. The molecule has 0 bridgehead atoms. The van der Waals surface area contributed by atoms with Gasteiger partial charge in [0.2, 0.25) is 5.95 Å². The van der Waals surface area contributed by atoms with Gasteiger partial charge in [0.25, 0.3) is 0 Å². The van der Waals surface area contributed by atoms with Crippen LogP contribution in [0.3, 0.4) is 0 Å². The first-order valence-corrected chi connectivity index (χ1v) is 7.22. The van der Waals surface area contributed by atoms with Crippen molar-refractivity contribution in [3.63, 3.8) is 0 Å². The molecule has 0 unspecified atom stereocenters. The lowest BCUT2D eigenvalue weighted by molar-refractivity contribution is 1.04. The normalized spacial score (nSPS) is 10.4. The van der Waals surface area contributed by atoms with Gasteiger partial charge in [-0.15, -0.1) is 11.8 Å². The number of anilines is 2. The zero-order valence-corrected chi connectivity index (χ0v) is 12.0. The Balaban J connectivity index is 2.06. The summed E-state index contributed by atoms with van der Waals surface area (Å²) >= 11 is 1.67. The molecule has 0 saturated heterocycles. The summed E-state index contributed by atoms with van der Waals surface area (Å²) in [7, 11) is 0. The van der Waals surface area contributed by atoms with E-state index in [-0.39, 0.29) is 0 Å². The van der Waals surface area contributed by atoms with Gasteiger partial charge in [-0.1, -0.05) is 29.8 Å². The number of thioether (sulfide) groups is 1. The Morgan fingerprint density at radius 3 is 2.84 bits per heavy atom. The van der Waals surface area contributed by atoms with Crippen LogP contribution in [0.15, 0.2) is 35.4 Å². The molecule has 5 heteroatoms. The maximum atomic E-state index is 5.71. The lowest BCUT2D eigenvalue weighted by atomic mass is 10.2. The number of nitrogens with zero attached hydrogens (tertiary/aromatic N) is 2. The zero-order valence-electron chi connectivity index (χ0n) is 11.2. The summed E-state index contributed by atoms with van der Waals surface area (Å²) in [6.07, 6.45) is 0. The standard InChI is InChI=1S/C14H18N4S/c1-3-16-12-8-13(18-14(15)17-12)19-9-11-6-4-5-10(2)7-11/h4-8H,3,9H2,1-2H3,(H3,15,16,17,18). The number of hydrogen-bond acceptors (Lipinski definition) is 5. The number of nitrogens with one attached hydrogen (secondary N) is 1. The Morgan fingerprint density at radius 2 is 2.11 bits per heavy atom. The molecular formula is C14H18N4S. The molecule has 0 aliphatic heterocycles. The molecule has 19 heavy (non-hydrogen) atoms. The maximum absolute atomic E-state index is 5.71. The van der Waals surface area contributed by atoms with E-state index in [1.165, 1.54) is 11.1 Å². The lowest BCUT2D eigenvalue weighted by Crippen LogP contribution is -2.03. The second-order valence-electron chi connectivity index (χ2n) is 4.26. The summed E-state index contributed by atoms with van der Waals surface area (Å²) in [5.41, 5.74) is 8.26. The molecule has 3 N–H and O–H groups in total. The summed E-state index contributed by atoms with van der Waals surface area (Å²) in [4.78, 5) is 8.38. The van der Waals surface area contributed by atoms with Crippen LogP contribution >= 0.6 is 11.8 Å². The minimum Gasteiger partial charge on any atom is -0.370 e. The van der Waals surface area contributed by atoms with E-state index in [2.05, 4.69) is 46.5 Å². The number of aromatic nitrogens is 2. The van der Waals surface area contributed by atoms with E-state index in [0.29, 0.717) is 5.95 Å². The number of rotatable bonds is 5. The van der Waals surface area contributed by atoms with Crippen LogP contribution in [0.4, 0.5) is 11.8 Å². The van der Waals surface area contributed by atoms with Crippen LogP contribution in [0, 0.1) is 6.92 Å². The minimum absolute atomic E-state index is 0.310. The van der Waals surface area contributed by atoms with Crippen molar-refractivity contribution in [3.05, 3.63) is 41.5 Å². The molecule has 0 amide bonds. The van der Waals surface area contributed by atoms with E-state index in [1.807, 2.05) is 13.0 Å². The zero-order chi connectivity index (χ0) is 13.7. The van der Waals surface area contributed by atoms with Gasteiger partial charge in [-0.05, 0) is 19.4 Å². The fourth-order valence-electron chi connectivity index (χ4n) is 1.75. The SMILES string of the molecule is CCNc1cc(SCc2cccc(C)c2)nc(N)n1. The molecular weight excluding hydrogens is 256 g/mol. The summed E-state index contributed by atoms with van der Waals surface area (Å²) in [6, 6.07) is 10.4. The predicted molar refractivity (Wildman–Crippen MR) is 81.3 cm³/mol. The monoisotopic (exact) mass is 274 g/mol. The molecule has 2 aromatic rings. The van der Waals surface area contributed by atoms with Crippen molar-refractivity contribution in [2.75, 3.05) is 17.6 Å². The highest BCUT2D eigenvalue weighted by Gasteiger charge is 2.03. The van der Waals surface area contributed by atoms with Gasteiger partial charge in [-0.25, -0.2) is 4.98 Å². The molecule has 1 aromatic carbocycles. The third-order valence-electron chi connectivity index (χ3n) is 2.55. The van der Waals surface area contributed by atoms with Crippen molar-refractivity contribution in [2.24, 2.45) is 0 Å². The number of nitrogens with two attached hydrogens (primary N) is 1. The summed E-state index contributed by atoms with van der Waals surface area (Å²) in [5, 5.41) is 4.05. The summed E-state index contributed by atoms with van der Waals surface area (Å²) in [6.45, 7) is 4.94. The Morgan fingerprint density at radius 1 is 1.26 bits per heavy atom.